The molecule has 2 bridgehead atoms. The zero-order valence-corrected chi connectivity index (χ0v) is 11.7. The Kier molecular flexibility index (Phi) is 3.42. The summed E-state index contributed by atoms with van der Waals surface area (Å²) in [5.74, 6) is 5.12. The van der Waals surface area contributed by atoms with Crippen LogP contribution >= 0.6 is 11.8 Å². The van der Waals surface area contributed by atoms with Crippen molar-refractivity contribution < 1.29 is 4.74 Å². The van der Waals surface area contributed by atoms with Gasteiger partial charge in [0.15, 0.2) is 0 Å². The molecule has 0 heterocycles. The van der Waals surface area contributed by atoms with Gasteiger partial charge in [-0.15, -0.1) is 11.8 Å². The maximum atomic E-state index is 5.78. The van der Waals surface area contributed by atoms with Crippen molar-refractivity contribution in [1.29, 1.82) is 0 Å². The number of nitrogen functional groups attached to an aromatic ring is 1. The molecular weight excluding hydrogens is 242 g/mol. The Morgan fingerprint density at radius 3 is 2.89 bits per heavy atom. The lowest BCUT2D eigenvalue weighted by molar-refractivity contribution is 0.365. The molecule has 2 aliphatic carbocycles. The number of ether oxygens (including phenoxy) is 1. The van der Waals surface area contributed by atoms with Crippen molar-refractivity contribution >= 4 is 17.4 Å². The molecule has 3 atom stereocenters. The van der Waals surface area contributed by atoms with Crippen molar-refractivity contribution in [3.05, 3.63) is 18.2 Å². The monoisotopic (exact) mass is 263 g/mol. The van der Waals surface area contributed by atoms with Crippen LogP contribution in [-0.2, 0) is 0 Å². The molecule has 2 saturated carbocycles. The number of hydrogen-bond donors (Lipinski definition) is 1. The van der Waals surface area contributed by atoms with Crippen molar-refractivity contribution in [2.24, 2.45) is 17.8 Å². The van der Waals surface area contributed by atoms with Crippen molar-refractivity contribution in [3.8, 4) is 5.75 Å². The fourth-order valence-corrected chi connectivity index (χ4v) is 4.83. The second kappa shape index (κ2) is 5.04. The number of methoxy groups -OCH3 is 1. The summed E-state index contributed by atoms with van der Waals surface area (Å²) in [6.45, 7) is 0. The highest BCUT2D eigenvalue weighted by molar-refractivity contribution is 7.99. The van der Waals surface area contributed by atoms with E-state index in [9.17, 15) is 0 Å². The highest BCUT2D eigenvalue weighted by atomic mass is 32.2. The molecule has 2 nitrogen and oxygen atoms in total. The number of nitrogens with two attached hydrogens (primary N) is 1. The van der Waals surface area contributed by atoms with E-state index < -0.39 is 0 Å². The molecule has 3 heteroatoms. The first-order valence-electron chi connectivity index (χ1n) is 6.82. The van der Waals surface area contributed by atoms with E-state index in [2.05, 4.69) is 6.07 Å². The van der Waals surface area contributed by atoms with Crippen LogP contribution in [0, 0.1) is 17.8 Å². The SMILES string of the molecule is COc1cc(N)ccc1SCC1CC2CCC1C2. The maximum Gasteiger partial charge on any atom is 0.134 e. The van der Waals surface area contributed by atoms with E-state index in [0.29, 0.717) is 0 Å². The number of thioether (sulfide) groups is 1. The third-order valence-corrected chi connectivity index (χ3v) is 5.77. The fraction of sp³-hybridized carbons (Fsp3) is 0.600. The van der Waals surface area contributed by atoms with Crippen molar-refractivity contribution in [2.75, 3.05) is 18.6 Å². The van der Waals surface area contributed by atoms with Gasteiger partial charge in [-0.25, -0.2) is 0 Å². The van der Waals surface area contributed by atoms with Crippen LogP contribution in [0.15, 0.2) is 23.1 Å². The van der Waals surface area contributed by atoms with Gasteiger partial charge in [0, 0.05) is 22.4 Å². The molecule has 0 spiro atoms. The summed E-state index contributed by atoms with van der Waals surface area (Å²) in [7, 11) is 1.72. The number of hydrogen-bond acceptors (Lipinski definition) is 3. The third kappa shape index (κ3) is 2.33. The van der Waals surface area contributed by atoms with Gasteiger partial charge in [0.05, 0.1) is 7.11 Å². The highest BCUT2D eigenvalue weighted by Crippen LogP contribution is 2.50. The molecule has 18 heavy (non-hydrogen) atoms. The van der Waals surface area contributed by atoms with Crippen molar-refractivity contribution in [1.82, 2.24) is 0 Å². The summed E-state index contributed by atoms with van der Waals surface area (Å²) in [6.07, 6.45) is 5.89. The molecule has 1 aromatic carbocycles. The van der Waals surface area contributed by atoms with Gasteiger partial charge in [-0.1, -0.05) is 6.42 Å². The van der Waals surface area contributed by atoms with Crippen LogP contribution < -0.4 is 10.5 Å². The Labute approximate surface area is 113 Å². The zero-order chi connectivity index (χ0) is 12.5. The number of fused-ring (bicyclic) bond motifs is 2. The van der Waals surface area contributed by atoms with E-state index >= 15 is 0 Å². The molecule has 2 aliphatic rings. The quantitative estimate of drug-likeness (QED) is 0.663. The minimum absolute atomic E-state index is 0.774. The van der Waals surface area contributed by atoms with Crippen LogP contribution in [0.5, 0.6) is 5.75 Å². The Hall–Kier alpha value is -0.830. The first kappa shape index (κ1) is 12.2. The van der Waals surface area contributed by atoms with Gasteiger partial charge < -0.3 is 10.5 Å². The Morgan fingerprint density at radius 2 is 2.22 bits per heavy atom. The summed E-state index contributed by atoms with van der Waals surface area (Å²) in [5.41, 5.74) is 6.56. The van der Waals surface area contributed by atoms with Gasteiger partial charge in [0.25, 0.3) is 0 Å². The molecular formula is C15H21NOS. The summed E-state index contributed by atoms with van der Waals surface area (Å²) >= 11 is 1.94. The topological polar surface area (TPSA) is 35.2 Å². The second-order valence-corrected chi connectivity index (χ2v) is 6.72. The van der Waals surface area contributed by atoms with Crippen molar-refractivity contribution in [2.45, 2.75) is 30.6 Å². The van der Waals surface area contributed by atoms with E-state index in [0.717, 1.165) is 29.2 Å². The fourth-order valence-electron chi connectivity index (χ4n) is 3.58. The molecule has 3 unspecified atom stereocenters. The van der Waals surface area contributed by atoms with E-state index in [1.54, 1.807) is 7.11 Å². The van der Waals surface area contributed by atoms with E-state index in [1.165, 1.54) is 36.3 Å². The molecule has 0 aromatic heterocycles. The first-order chi connectivity index (χ1) is 8.76. The highest BCUT2D eigenvalue weighted by Gasteiger charge is 2.39. The molecule has 0 radical (unpaired) electrons. The predicted molar refractivity (Wildman–Crippen MR) is 77.1 cm³/mol. The molecule has 2 N–H and O–H groups in total. The van der Waals surface area contributed by atoms with Crippen LogP contribution in [0.4, 0.5) is 5.69 Å². The second-order valence-electron chi connectivity index (χ2n) is 5.66. The molecule has 0 saturated heterocycles. The molecule has 3 rings (SSSR count). The Morgan fingerprint density at radius 1 is 1.33 bits per heavy atom. The Balaban J connectivity index is 1.63. The van der Waals surface area contributed by atoms with Crippen molar-refractivity contribution in [3.63, 3.8) is 0 Å². The minimum atomic E-state index is 0.774. The van der Waals surface area contributed by atoms with Gasteiger partial charge in [-0.05, 0) is 49.1 Å². The Bertz CT molecular complexity index is 435. The van der Waals surface area contributed by atoms with E-state index in [1.807, 2.05) is 23.9 Å². The van der Waals surface area contributed by atoms with Gasteiger partial charge in [0.1, 0.15) is 5.75 Å². The van der Waals surface area contributed by atoms with Crippen LogP contribution in [-0.4, -0.2) is 12.9 Å². The smallest absolute Gasteiger partial charge is 0.134 e. The maximum absolute atomic E-state index is 5.78. The zero-order valence-electron chi connectivity index (χ0n) is 10.9. The van der Waals surface area contributed by atoms with Crippen LogP contribution in [0.1, 0.15) is 25.7 Å². The molecule has 98 valence electrons. The average Bonchev–Trinajstić information content (AvgIpc) is 2.99. The van der Waals surface area contributed by atoms with Crippen LogP contribution in [0.2, 0.25) is 0 Å². The van der Waals surface area contributed by atoms with Gasteiger partial charge in [-0.2, -0.15) is 0 Å². The standard InChI is InChI=1S/C15H21NOS/c1-17-14-8-13(16)4-5-15(14)18-9-12-7-10-2-3-11(12)6-10/h4-5,8,10-12H,2-3,6-7,9,16H2,1H3. The molecule has 2 fully saturated rings. The normalized spacial score (nSPS) is 29.7. The summed E-state index contributed by atoms with van der Waals surface area (Å²) in [4.78, 5) is 1.23. The minimum Gasteiger partial charge on any atom is -0.496 e. The number of benzene rings is 1. The first-order valence-corrected chi connectivity index (χ1v) is 7.81. The lowest BCUT2D eigenvalue weighted by Crippen LogP contribution is -2.12. The van der Waals surface area contributed by atoms with Crippen LogP contribution in [0.3, 0.4) is 0 Å². The van der Waals surface area contributed by atoms with E-state index in [-0.39, 0.29) is 0 Å². The number of anilines is 1. The molecule has 1 aromatic rings. The average molecular weight is 263 g/mol. The van der Waals surface area contributed by atoms with Crippen LogP contribution in [0.25, 0.3) is 0 Å². The predicted octanol–water partition coefficient (Wildman–Crippen LogP) is 3.81. The van der Waals surface area contributed by atoms with Gasteiger partial charge in [-0.3, -0.25) is 0 Å². The third-order valence-electron chi connectivity index (χ3n) is 4.53. The lowest BCUT2D eigenvalue weighted by atomic mass is 9.90. The summed E-state index contributed by atoms with van der Waals surface area (Å²) < 4.78 is 5.40. The van der Waals surface area contributed by atoms with E-state index in [4.69, 9.17) is 10.5 Å². The lowest BCUT2D eigenvalue weighted by Gasteiger charge is -2.21. The molecule has 0 aliphatic heterocycles. The summed E-state index contributed by atoms with van der Waals surface area (Å²) in [5, 5.41) is 0. The van der Waals surface area contributed by atoms with Gasteiger partial charge >= 0.3 is 0 Å². The summed E-state index contributed by atoms with van der Waals surface area (Å²) in [6, 6.07) is 5.97. The molecule has 0 amide bonds. The largest absolute Gasteiger partial charge is 0.496 e. The number of rotatable bonds is 4. The van der Waals surface area contributed by atoms with Gasteiger partial charge in [0.2, 0.25) is 0 Å².